The molecule has 1 heterocycles. The van der Waals surface area contributed by atoms with Crippen molar-refractivity contribution in [3.63, 3.8) is 0 Å². The summed E-state index contributed by atoms with van der Waals surface area (Å²) in [7, 11) is 0. The molecule has 0 aliphatic rings. The lowest BCUT2D eigenvalue weighted by Crippen LogP contribution is -2.16. The standard InChI is InChI=1S/C28H43FN2O/c1-4-6-8-9-10-11-12-14-24-21-30-28(31-22-24)25-15-17-26(18-16-25)32-20-19-27(29)23(3)13-7-5-2/h15-18,21-23,27H,4-14,19-20H2,1-3H3. The smallest absolute Gasteiger partial charge is 0.159 e. The maximum atomic E-state index is 14.2. The first-order valence-corrected chi connectivity index (χ1v) is 12.8. The number of hydrogen-bond acceptors (Lipinski definition) is 3. The maximum Gasteiger partial charge on any atom is 0.159 e. The Bertz CT molecular complexity index is 717. The molecule has 0 saturated carbocycles. The van der Waals surface area contributed by atoms with Crippen LogP contribution in [-0.2, 0) is 6.42 Å². The van der Waals surface area contributed by atoms with Crippen LogP contribution in [0.5, 0.6) is 5.75 Å². The van der Waals surface area contributed by atoms with Crippen LogP contribution in [0.15, 0.2) is 36.7 Å². The lowest BCUT2D eigenvalue weighted by Gasteiger charge is -2.16. The van der Waals surface area contributed by atoms with Crippen LogP contribution in [0, 0.1) is 5.92 Å². The molecule has 2 rings (SSSR count). The van der Waals surface area contributed by atoms with Crippen molar-refractivity contribution in [2.45, 2.75) is 104 Å². The molecule has 2 atom stereocenters. The molecule has 2 aromatic rings. The SMILES string of the molecule is CCCCCCCCCc1cnc(-c2ccc(OCCC(F)C(C)CCCC)cc2)nc1. The Kier molecular flexibility index (Phi) is 13.0. The largest absolute Gasteiger partial charge is 0.493 e. The third-order valence-corrected chi connectivity index (χ3v) is 6.18. The first-order chi connectivity index (χ1) is 15.6. The molecule has 0 N–H and O–H groups in total. The molecule has 3 nitrogen and oxygen atoms in total. The molecular formula is C28H43FN2O. The summed E-state index contributed by atoms with van der Waals surface area (Å²) in [6.07, 6.45) is 17.0. The second-order valence-electron chi connectivity index (χ2n) is 9.08. The van der Waals surface area contributed by atoms with Crippen LogP contribution in [-0.4, -0.2) is 22.7 Å². The molecule has 0 radical (unpaired) electrons. The van der Waals surface area contributed by atoms with Gasteiger partial charge in [-0.15, -0.1) is 0 Å². The third kappa shape index (κ3) is 10.1. The molecule has 0 aliphatic carbocycles. The monoisotopic (exact) mass is 442 g/mol. The molecule has 178 valence electrons. The van der Waals surface area contributed by atoms with Gasteiger partial charge in [0.15, 0.2) is 5.82 Å². The number of halogens is 1. The van der Waals surface area contributed by atoms with Crippen molar-refractivity contribution >= 4 is 0 Å². The van der Waals surface area contributed by atoms with Gasteiger partial charge in [0, 0.05) is 24.4 Å². The highest BCUT2D eigenvalue weighted by Gasteiger charge is 2.15. The van der Waals surface area contributed by atoms with E-state index in [0.717, 1.165) is 42.8 Å². The first kappa shape index (κ1) is 26.3. The molecule has 2 unspecified atom stereocenters. The summed E-state index contributed by atoms with van der Waals surface area (Å²) in [5.41, 5.74) is 2.17. The van der Waals surface area contributed by atoms with Crippen molar-refractivity contribution in [1.82, 2.24) is 9.97 Å². The summed E-state index contributed by atoms with van der Waals surface area (Å²) in [5.74, 6) is 1.60. The van der Waals surface area contributed by atoms with Gasteiger partial charge in [-0.3, -0.25) is 0 Å². The van der Waals surface area contributed by atoms with Gasteiger partial charge in [-0.2, -0.15) is 0 Å². The van der Waals surface area contributed by atoms with E-state index in [0.29, 0.717) is 13.0 Å². The van der Waals surface area contributed by atoms with Crippen LogP contribution in [0.3, 0.4) is 0 Å². The number of benzene rings is 1. The zero-order valence-electron chi connectivity index (χ0n) is 20.5. The van der Waals surface area contributed by atoms with Gasteiger partial charge in [-0.1, -0.05) is 72.1 Å². The van der Waals surface area contributed by atoms with E-state index in [2.05, 4.69) is 23.8 Å². The number of alkyl halides is 1. The fourth-order valence-electron chi connectivity index (χ4n) is 3.90. The molecule has 0 spiro atoms. The summed E-state index contributed by atoms with van der Waals surface area (Å²) in [4.78, 5) is 9.09. The van der Waals surface area contributed by atoms with Gasteiger partial charge in [0.2, 0.25) is 0 Å². The Morgan fingerprint density at radius 3 is 2.09 bits per heavy atom. The zero-order valence-corrected chi connectivity index (χ0v) is 20.5. The van der Waals surface area contributed by atoms with E-state index >= 15 is 0 Å². The van der Waals surface area contributed by atoms with Gasteiger partial charge < -0.3 is 4.74 Å². The highest BCUT2D eigenvalue weighted by Crippen LogP contribution is 2.22. The van der Waals surface area contributed by atoms with Crippen LogP contribution in [0.25, 0.3) is 11.4 Å². The average molecular weight is 443 g/mol. The van der Waals surface area contributed by atoms with E-state index in [9.17, 15) is 4.39 Å². The number of nitrogens with zero attached hydrogens (tertiary/aromatic N) is 2. The molecule has 32 heavy (non-hydrogen) atoms. The summed E-state index contributed by atoms with van der Waals surface area (Å²) < 4.78 is 20.0. The van der Waals surface area contributed by atoms with Crippen LogP contribution >= 0.6 is 0 Å². The van der Waals surface area contributed by atoms with Crippen LogP contribution < -0.4 is 4.74 Å². The van der Waals surface area contributed by atoms with Crippen molar-refractivity contribution in [1.29, 1.82) is 0 Å². The lowest BCUT2D eigenvalue weighted by atomic mass is 9.97. The number of aromatic nitrogens is 2. The number of unbranched alkanes of at least 4 members (excludes halogenated alkanes) is 7. The van der Waals surface area contributed by atoms with E-state index in [1.54, 1.807) is 0 Å². The third-order valence-electron chi connectivity index (χ3n) is 6.18. The highest BCUT2D eigenvalue weighted by molar-refractivity contribution is 5.55. The maximum absolute atomic E-state index is 14.2. The van der Waals surface area contributed by atoms with Gasteiger partial charge in [0.05, 0.1) is 6.61 Å². The van der Waals surface area contributed by atoms with E-state index in [1.807, 2.05) is 43.6 Å². The molecule has 0 saturated heterocycles. The van der Waals surface area contributed by atoms with Crippen LogP contribution in [0.2, 0.25) is 0 Å². The number of hydrogen-bond donors (Lipinski definition) is 0. The molecule has 0 aliphatic heterocycles. The number of ether oxygens (including phenoxy) is 1. The van der Waals surface area contributed by atoms with Crippen LogP contribution in [0.4, 0.5) is 4.39 Å². The average Bonchev–Trinajstić information content (AvgIpc) is 2.82. The fraction of sp³-hybridized carbons (Fsp3) is 0.643. The Hall–Kier alpha value is -1.97. The zero-order chi connectivity index (χ0) is 23.0. The van der Waals surface area contributed by atoms with Crippen molar-refractivity contribution in [2.75, 3.05) is 6.61 Å². The van der Waals surface area contributed by atoms with Gasteiger partial charge >= 0.3 is 0 Å². The predicted octanol–water partition coefficient (Wildman–Crippen LogP) is 8.37. The summed E-state index contributed by atoms with van der Waals surface area (Å²) in [5, 5.41) is 0. The molecule has 0 amide bonds. The minimum Gasteiger partial charge on any atom is -0.493 e. The molecule has 1 aromatic heterocycles. The van der Waals surface area contributed by atoms with Crippen LogP contribution in [0.1, 0.15) is 97.0 Å². The second-order valence-corrected chi connectivity index (χ2v) is 9.08. The normalized spacial score (nSPS) is 13.1. The minimum atomic E-state index is -0.797. The minimum absolute atomic E-state index is 0.104. The second kappa shape index (κ2) is 15.8. The van der Waals surface area contributed by atoms with E-state index in [4.69, 9.17) is 4.74 Å². The van der Waals surface area contributed by atoms with Gasteiger partial charge in [0.1, 0.15) is 11.9 Å². The van der Waals surface area contributed by atoms with Crippen molar-refractivity contribution in [3.8, 4) is 17.1 Å². The Balaban J connectivity index is 1.71. The predicted molar refractivity (Wildman–Crippen MR) is 133 cm³/mol. The summed E-state index contributed by atoms with van der Waals surface area (Å²) in [6, 6.07) is 7.77. The van der Waals surface area contributed by atoms with Crippen molar-refractivity contribution in [3.05, 3.63) is 42.2 Å². The molecule has 1 aromatic carbocycles. The van der Waals surface area contributed by atoms with Crippen molar-refractivity contribution < 1.29 is 9.13 Å². The number of aryl methyl sites for hydroxylation is 1. The van der Waals surface area contributed by atoms with E-state index in [-0.39, 0.29) is 5.92 Å². The van der Waals surface area contributed by atoms with Crippen molar-refractivity contribution in [2.24, 2.45) is 5.92 Å². The molecule has 4 heteroatoms. The quantitative estimate of drug-likeness (QED) is 0.231. The van der Waals surface area contributed by atoms with Gasteiger partial charge in [-0.05, 0) is 55.0 Å². The first-order valence-electron chi connectivity index (χ1n) is 12.8. The number of rotatable bonds is 17. The Morgan fingerprint density at radius 2 is 1.44 bits per heavy atom. The summed E-state index contributed by atoms with van der Waals surface area (Å²) >= 11 is 0. The highest BCUT2D eigenvalue weighted by atomic mass is 19.1. The van der Waals surface area contributed by atoms with E-state index in [1.165, 1.54) is 50.5 Å². The fourth-order valence-corrected chi connectivity index (χ4v) is 3.90. The Morgan fingerprint density at radius 1 is 0.812 bits per heavy atom. The molecular weight excluding hydrogens is 399 g/mol. The topological polar surface area (TPSA) is 35.0 Å². The molecule has 0 bridgehead atoms. The Labute approximate surface area is 195 Å². The summed E-state index contributed by atoms with van der Waals surface area (Å²) in [6.45, 7) is 6.80. The van der Waals surface area contributed by atoms with Gasteiger partial charge in [-0.25, -0.2) is 14.4 Å². The lowest BCUT2D eigenvalue weighted by molar-refractivity contribution is 0.177. The molecule has 0 fully saturated rings. The van der Waals surface area contributed by atoms with Gasteiger partial charge in [0.25, 0.3) is 0 Å². The van der Waals surface area contributed by atoms with E-state index < -0.39 is 6.17 Å².